The number of hydrogen-bond donors (Lipinski definition) is 1. The summed E-state index contributed by atoms with van der Waals surface area (Å²) in [5, 5.41) is 0. The van der Waals surface area contributed by atoms with Crippen LogP contribution in [-0.2, 0) is 0 Å². The highest BCUT2D eigenvalue weighted by Crippen LogP contribution is 2.27. The molecule has 16 heavy (non-hydrogen) atoms. The van der Waals surface area contributed by atoms with Gasteiger partial charge in [0.05, 0.1) is 5.69 Å². The molecule has 0 spiro atoms. The lowest BCUT2D eigenvalue weighted by Gasteiger charge is -2.04. The normalized spacial score (nSPS) is 11.0. The highest BCUT2D eigenvalue weighted by Gasteiger charge is 2.14. The van der Waals surface area contributed by atoms with Gasteiger partial charge in [-0.25, -0.2) is 4.79 Å². The molecule has 1 aromatic carbocycles. The molecular formula is C12H12BrNO2. The van der Waals surface area contributed by atoms with Gasteiger partial charge < -0.3 is 4.42 Å². The molecule has 0 saturated carbocycles. The quantitative estimate of drug-likeness (QED) is 0.916. The zero-order valence-electron chi connectivity index (χ0n) is 9.08. The average molecular weight is 282 g/mol. The third-order valence-corrected chi connectivity index (χ3v) is 2.86. The maximum Gasteiger partial charge on any atom is 0.416 e. The summed E-state index contributed by atoms with van der Waals surface area (Å²) < 4.78 is 6.15. The molecule has 0 aliphatic heterocycles. The molecule has 0 aliphatic rings. The largest absolute Gasteiger partial charge is 0.416 e. The molecule has 0 saturated heterocycles. The van der Waals surface area contributed by atoms with Crippen LogP contribution >= 0.6 is 15.9 Å². The van der Waals surface area contributed by atoms with Crippen molar-refractivity contribution in [2.45, 2.75) is 19.8 Å². The molecule has 2 rings (SSSR count). The van der Waals surface area contributed by atoms with Crippen molar-refractivity contribution in [2.24, 2.45) is 0 Å². The SMILES string of the molecule is CC(C)c1oc(=O)[nH]c1-c1ccc(Br)cc1. The molecule has 1 aromatic heterocycles. The van der Waals surface area contributed by atoms with Gasteiger partial charge in [-0.2, -0.15) is 0 Å². The van der Waals surface area contributed by atoms with Crippen LogP contribution in [0.4, 0.5) is 0 Å². The van der Waals surface area contributed by atoms with Crippen LogP contribution in [-0.4, -0.2) is 4.98 Å². The molecule has 84 valence electrons. The minimum Gasteiger partial charge on any atom is -0.412 e. The molecule has 0 fully saturated rings. The second kappa shape index (κ2) is 4.29. The van der Waals surface area contributed by atoms with Gasteiger partial charge in [0.1, 0.15) is 5.76 Å². The van der Waals surface area contributed by atoms with Crippen molar-refractivity contribution in [3.05, 3.63) is 45.0 Å². The molecule has 4 heteroatoms. The molecule has 0 bridgehead atoms. The van der Waals surface area contributed by atoms with Crippen molar-refractivity contribution in [1.82, 2.24) is 4.98 Å². The highest BCUT2D eigenvalue weighted by molar-refractivity contribution is 9.10. The third kappa shape index (κ3) is 2.11. The number of aromatic amines is 1. The lowest BCUT2D eigenvalue weighted by Crippen LogP contribution is -1.94. The van der Waals surface area contributed by atoms with Crippen LogP contribution in [0.25, 0.3) is 11.3 Å². The zero-order chi connectivity index (χ0) is 11.7. The molecule has 1 N–H and O–H groups in total. The monoisotopic (exact) mass is 281 g/mol. The molecule has 0 amide bonds. The fraction of sp³-hybridized carbons (Fsp3) is 0.250. The Morgan fingerprint density at radius 3 is 2.44 bits per heavy atom. The van der Waals surface area contributed by atoms with E-state index in [0.29, 0.717) is 5.76 Å². The van der Waals surface area contributed by atoms with E-state index >= 15 is 0 Å². The summed E-state index contributed by atoms with van der Waals surface area (Å²) in [6.07, 6.45) is 0. The number of hydrogen-bond acceptors (Lipinski definition) is 2. The van der Waals surface area contributed by atoms with E-state index in [0.717, 1.165) is 15.7 Å². The smallest absolute Gasteiger partial charge is 0.412 e. The van der Waals surface area contributed by atoms with E-state index in [-0.39, 0.29) is 5.92 Å². The number of aromatic nitrogens is 1. The molecule has 1 heterocycles. The first kappa shape index (κ1) is 11.2. The first-order valence-electron chi connectivity index (χ1n) is 5.07. The maximum atomic E-state index is 11.2. The molecule has 0 aliphatic carbocycles. The Balaban J connectivity index is 2.55. The van der Waals surface area contributed by atoms with Gasteiger partial charge in [-0.15, -0.1) is 0 Å². The summed E-state index contributed by atoms with van der Waals surface area (Å²) in [6.45, 7) is 3.99. The lowest BCUT2D eigenvalue weighted by atomic mass is 10.0. The van der Waals surface area contributed by atoms with Crippen LogP contribution < -0.4 is 5.76 Å². The second-order valence-electron chi connectivity index (χ2n) is 3.92. The van der Waals surface area contributed by atoms with Gasteiger partial charge in [-0.3, -0.25) is 4.98 Å². The van der Waals surface area contributed by atoms with Crippen molar-refractivity contribution in [3.8, 4) is 11.3 Å². The third-order valence-electron chi connectivity index (χ3n) is 2.33. The predicted molar refractivity (Wildman–Crippen MR) is 66.6 cm³/mol. The molecule has 0 atom stereocenters. The number of rotatable bonds is 2. The Hall–Kier alpha value is -1.29. The minimum absolute atomic E-state index is 0.178. The molecule has 3 nitrogen and oxygen atoms in total. The second-order valence-corrected chi connectivity index (χ2v) is 4.83. The van der Waals surface area contributed by atoms with Crippen LogP contribution in [0.2, 0.25) is 0 Å². The number of halogens is 1. The van der Waals surface area contributed by atoms with Crippen molar-refractivity contribution >= 4 is 15.9 Å². The predicted octanol–water partition coefficient (Wildman–Crippen LogP) is 3.52. The fourth-order valence-electron chi connectivity index (χ4n) is 1.58. The summed E-state index contributed by atoms with van der Waals surface area (Å²) in [6, 6.07) is 7.75. The van der Waals surface area contributed by atoms with Crippen LogP contribution in [0.5, 0.6) is 0 Å². The summed E-state index contributed by atoms with van der Waals surface area (Å²) in [5.41, 5.74) is 1.73. The Labute approximate surface area is 102 Å². The van der Waals surface area contributed by atoms with Crippen LogP contribution in [0.1, 0.15) is 25.5 Å². The van der Waals surface area contributed by atoms with Gasteiger partial charge in [-0.1, -0.05) is 41.9 Å². The van der Waals surface area contributed by atoms with Gasteiger partial charge in [0, 0.05) is 16.0 Å². The molecule has 0 unspecified atom stereocenters. The summed E-state index contributed by atoms with van der Waals surface area (Å²) in [5.74, 6) is 0.478. The number of H-pyrrole nitrogens is 1. The van der Waals surface area contributed by atoms with Gasteiger partial charge in [0.2, 0.25) is 0 Å². The Morgan fingerprint density at radius 2 is 1.88 bits per heavy atom. The van der Waals surface area contributed by atoms with Crippen molar-refractivity contribution in [1.29, 1.82) is 0 Å². The van der Waals surface area contributed by atoms with Crippen molar-refractivity contribution in [3.63, 3.8) is 0 Å². The van der Waals surface area contributed by atoms with E-state index in [1.807, 2.05) is 38.1 Å². The Bertz CT molecular complexity index is 537. The van der Waals surface area contributed by atoms with Gasteiger partial charge >= 0.3 is 5.76 Å². The summed E-state index contributed by atoms with van der Waals surface area (Å²) in [7, 11) is 0. The van der Waals surface area contributed by atoms with E-state index in [9.17, 15) is 4.79 Å². The van der Waals surface area contributed by atoms with E-state index in [1.54, 1.807) is 0 Å². The van der Waals surface area contributed by atoms with Crippen LogP contribution in [0.3, 0.4) is 0 Å². The van der Waals surface area contributed by atoms with E-state index < -0.39 is 5.76 Å². The standard InChI is InChI=1S/C12H12BrNO2/c1-7(2)11-10(14-12(15)16-11)8-3-5-9(13)6-4-8/h3-7H,1-2H3,(H,14,15). The number of benzene rings is 1. The zero-order valence-corrected chi connectivity index (χ0v) is 10.7. The summed E-state index contributed by atoms with van der Waals surface area (Å²) in [4.78, 5) is 13.9. The number of nitrogens with one attached hydrogen (secondary N) is 1. The maximum absolute atomic E-state index is 11.2. The lowest BCUT2D eigenvalue weighted by molar-refractivity contribution is 0.451. The average Bonchev–Trinajstić information content (AvgIpc) is 2.61. The topological polar surface area (TPSA) is 46.0 Å². The van der Waals surface area contributed by atoms with Gasteiger partial charge in [-0.05, 0) is 12.1 Å². The Morgan fingerprint density at radius 1 is 1.25 bits per heavy atom. The van der Waals surface area contributed by atoms with Gasteiger partial charge in [0.15, 0.2) is 0 Å². The van der Waals surface area contributed by atoms with Crippen LogP contribution in [0, 0.1) is 0 Å². The first-order valence-corrected chi connectivity index (χ1v) is 5.86. The minimum atomic E-state index is -0.401. The van der Waals surface area contributed by atoms with E-state index in [1.165, 1.54) is 0 Å². The first-order chi connectivity index (χ1) is 7.58. The van der Waals surface area contributed by atoms with E-state index in [2.05, 4.69) is 20.9 Å². The number of oxazole rings is 1. The molecule has 0 radical (unpaired) electrons. The Kier molecular flexibility index (Phi) is 3.01. The van der Waals surface area contributed by atoms with Crippen LogP contribution in [0.15, 0.2) is 37.9 Å². The van der Waals surface area contributed by atoms with E-state index in [4.69, 9.17) is 4.42 Å². The fourth-order valence-corrected chi connectivity index (χ4v) is 1.84. The van der Waals surface area contributed by atoms with Crippen molar-refractivity contribution in [2.75, 3.05) is 0 Å². The van der Waals surface area contributed by atoms with Gasteiger partial charge in [0.25, 0.3) is 0 Å². The molecular weight excluding hydrogens is 270 g/mol. The molecule has 2 aromatic rings. The summed E-state index contributed by atoms with van der Waals surface area (Å²) >= 11 is 3.38. The highest BCUT2D eigenvalue weighted by atomic mass is 79.9. The van der Waals surface area contributed by atoms with Crippen molar-refractivity contribution < 1.29 is 4.42 Å².